The largest absolute Gasteiger partial charge is 0.618 e. The van der Waals surface area contributed by atoms with Crippen molar-refractivity contribution < 1.29 is 22.6 Å². The molecule has 0 aliphatic carbocycles. The van der Waals surface area contributed by atoms with E-state index in [1.807, 2.05) is 0 Å². The fourth-order valence-electron chi connectivity index (χ4n) is 4.05. The molecule has 4 aromatic heterocycles. The molecule has 0 bridgehead atoms. The molecule has 0 aliphatic heterocycles. The number of hydrogen-bond acceptors (Lipinski definition) is 8. The summed E-state index contributed by atoms with van der Waals surface area (Å²) < 4.78 is 49.7. The molecule has 38 heavy (non-hydrogen) atoms. The molecule has 0 saturated carbocycles. The molecule has 0 fully saturated rings. The van der Waals surface area contributed by atoms with Crippen molar-refractivity contribution in [1.29, 1.82) is 0 Å². The summed E-state index contributed by atoms with van der Waals surface area (Å²) in [5.74, 6) is -0.768. The van der Waals surface area contributed by atoms with E-state index in [-0.39, 0.29) is 40.6 Å². The molecule has 1 aromatic carbocycles. The van der Waals surface area contributed by atoms with Crippen molar-refractivity contribution in [2.75, 3.05) is 6.61 Å². The SMILES string of the molecule is Cn1nncc1-c1cnn(C(CCOC(F)F)c2ccc(-c3c(-n4cnnn4)ccc(Cl)c3F)c[n+]2[O-])c1. The first-order valence-electron chi connectivity index (χ1n) is 11.1. The first-order chi connectivity index (χ1) is 18.3. The Morgan fingerprint density at radius 2 is 1.95 bits per heavy atom. The van der Waals surface area contributed by atoms with Crippen molar-refractivity contribution in [3.05, 3.63) is 77.1 Å². The molecule has 0 amide bonds. The van der Waals surface area contributed by atoms with Gasteiger partial charge in [0, 0.05) is 31.3 Å². The topological polar surface area (TPSA) is 128 Å². The van der Waals surface area contributed by atoms with Gasteiger partial charge >= 0.3 is 6.61 Å². The number of ether oxygens (including phenoxy) is 1. The second-order valence-electron chi connectivity index (χ2n) is 8.07. The number of halogens is 4. The fraction of sp³-hybridized carbons (Fsp3) is 0.227. The number of alkyl halides is 2. The molecule has 0 saturated heterocycles. The number of tetrazole rings is 1. The molecule has 5 rings (SSSR count). The Balaban J connectivity index is 1.55. The number of rotatable bonds is 9. The molecular formula is C22H18ClF3N10O2. The van der Waals surface area contributed by atoms with Crippen LogP contribution in [0.3, 0.4) is 0 Å². The van der Waals surface area contributed by atoms with Crippen LogP contribution in [0.1, 0.15) is 18.2 Å². The minimum atomic E-state index is -2.97. The van der Waals surface area contributed by atoms with Crippen molar-refractivity contribution in [2.24, 2.45) is 7.05 Å². The lowest BCUT2D eigenvalue weighted by molar-refractivity contribution is -0.615. The zero-order chi connectivity index (χ0) is 26.8. The van der Waals surface area contributed by atoms with Crippen LogP contribution in [0.2, 0.25) is 5.02 Å². The van der Waals surface area contributed by atoms with E-state index in [0.29, 0.717) is 16.0 Å². The summed E-state index contributed by atoms with van der Waals surface area (Å²) >= 11 is 6.02. The first-order valence-corrected chi connectivity index (χ1v) is 11.4. The van der Waals surface area contributed by atoms with Gasteiger partial charge in [0.2, 0.25) is 5.69 Å². The third-order valence-corrected chi connectivity index (χ3v) is 6.10. The minimum Gasteiger partial charge on any atom is -0.618 e. The maximum Gasteiger partial charge on any atom is 0.345 e. The van der Waals surface area contributed by atoms with E-state index in [1.165, 1.54) is 40.0 Å². The van der Waals surface area contributed by atoms with Gasteiger partial charge in [0.1, 0.15) is 12.4 Å². The predicted molar refractivity (Wildman–Crippen MR) is 125 cm³/mol. The highest BCUT2D eigenvalue weighted by atomic mass is 35.5. The maximum atomic E-state index is 15.2. The Bertz CT molecular complexity index is 1560. The van der Waals surface area contributed by atoms with Crippen LogP contribution in [0, 0.1) is 11.0 Å². The van der Waals surface area contributed by atoms with Crippen LogP contribution in [0.25, 0.3) is 28.1 Å². The predicted octanol–water partition coefficient (Wildman–Crippen LogP) is 2.97. The standard InChI is InChI=1S/C22H18ClF3N10O2/c1-33-19(9-27-31-33)14-8-29-34(10-14)16(6-7-38-22(25)26)17-4-2-13(11-36(17)37)20-18(35-12-28-30-32-35)5-3-15(23)21(20)24/h2-5,8-12,16,22H,6-7H2,1H3. The zero-order valence-corrected chi connectivity index (χ0v) is 20.3. The third kappa shape index (κ3) is 4.92. The van der Waals surface area contributed by atoms with Gasteiger partial charge < -0.3 is 9.94 Å². The Labute approximate surface area is 217 Å². The van der Waals surface area contributed by atoms with Crippen LogP contribution in [0.15, 0.2) is 55.4 Å². The van der Waals surface area contributed by atoms with E-state index < -0.39 is 18.5 Å². The molecule has 1 atom stereocenters. The molecule has 0 N–H and O–H groups in total. The number of aryl methyl sites for hydroxylation is 1. The Hall–Kier alpha value is -4.37. The summed E-state index contributed by atoms with van der Waals surface area (Å²) in [4.78, 5) is 0. The van der Waals surface area contributed by atoms with E-state index >= 15 is 4.39 Å². The van der Waals surface area contributed by atoms with Crippen molar-refractivity contribution >= 4 is 11.6 Å². The Morgan fingerprint density at radius 1 is 1.11 bits per heavy atom. The lowest BCUT2D eigenvalue weighted by Gasteiger charge is -2.18. The summed E-state index contributed by atoms with van der Waals surface area (Å²) in [6, 6.07) is 5.06. The van der Waals surface area contributed by atoms with Gasteiger partial charge in [-0.15, -0.1) is 10.2 Å². The number of nitrogens with zero attached hydrogens (tertiary/aromatic N) is 10. The molecule has 16 heteroatoms. The van der Waals surface area contributed by atoms with E-state index in [0.717, 1.165) is 6.20 Å². The van der Waals surface area contributed by atoms with Crippen LogP contribution in [-0.4, -0.2) is 58.2 Å². The van der Waals surface area contributed by atoms with E-state index in [2.05, 4.69) is 35.7 Å². The van der Waals surface area contributed by atoms with Crippen LogP contribution in [0.4, 0.5) is 13.2 Å². The molecule has 4 heterocycles. The minimum absolute atomic E-state index is 0.00190. The van der Waals surface area contributed by atoms with Crippen LogP contribution < -0.4 is 4.73 Å². The Morgan fingerprint density at radius 3 is 2.63 bits per heavy atom. The molecule has 0 spiro atoms. The monoisotopic (exact) mass is 546 g/mol. The van der Waals surface area contributed by atoms with Gasteiger partial charge in [-0.1, -0.05) is 16.8 Å². The molecule has 12 nitrogen and oxygen atoms in total. The number of pyridine rings is 1. The zero-order valence-electron chi connectivity index (χ0n) is 19.6. The van der Waals surface area contributed by atoms with Gasteiger partial charge in [-0.3, -0.25) is 4.68 Å². The van der Waals surface area contributed by atoms with Crippen molar-refractivity contribution in [3.8, 4) is 28.1 Å². The van der Waals surface area contributed by atoms with Crippen LogP contribution >= 0.6 is 11.6 Å². The summed E-state index contributed by atoms with van der Waals surface area (Å²) in [7, 11) is 1.70. The van der Waals surface area contributed by atoms with Crippen LogP contribution in [0.5, 0.6) is 0 Å². The average molecular weight is 547 g/mol. The van der Waals surface area contributed by atoms with Gasteiger partial charge in [0.05, 0.1) is 46.5 Å². The van der Waals surface area contributed by atoms with Crippen molar-refractivity contribution in [3.63, 3.8) is 0 Å². The average Bonchev–Trinajstić information content (AvgIpc) is 3.66. The second kappa shape index (κ2) is 10.5. The lowest BCUT2D eigenvalue weighted by atomic mass is 10.0. The van der Waals surface area contributed by atoms with Gasteiger partial charge in [0.25, 0.3) is 0 Å². The quantitative estimate of drug-likeness (QED) is 0.204. The second-order valence-corrected chi connectivity index (χ2v) is 8.47. The van der Waals surface area contributed by atoms with E-state index in [9.17, 15) is 14.0 Å². The van der Waals surface area contributed by atoms with Crippen LogP contribution in [-0.2, 0) is 11.8 Å². The fourth-order valence-corrected chi connectivity index (χ4v) is 4.21. The molecule has 196 valence electrons. The number of hydrogen-bond donors (Lipinski definition) is 0. The first kappa shape index (κ1) is 25.3. The van der Waals surface area contributed by atoms with E-state index in [1.54, 1.807) is 30.3 Å². The van der Waals surface area contributed by atoms with Crippen molar-refractivity contribution in [1.82, 2.24) is 45.0 Å². The maximum absolute atomic E-state index is 15.2. The normalized spacial score (nSPS) is 12.4. The molecule has 0 radical (unpaired) electrons. The third-order valence-electron chi connectivity index (χ3n) is 5.81. The summed E-state index contributed by atoms with van der Waals surface area (Å²) in [5, 5.41) is 36.1. The molecule has 5 aromatic rings. The van der Waals surface area contributed by atoms with Gasteiger partial charge in [-0.25, -0.2) is 9.07 Å². The van der Waals surface area contributed by atoms with Gasteiger partial charge in [0.15, 0.2) is 12.0 Å². The van der Waals surface area contributed by atoms with Gasteiger partial charge in [-0.2, -0.15) is 23.3 Å². The highest BCUT2D eigenvalue weighted by Gasteiger charge is 2.26. The molecular weight excluding hydrogens is 529 g/mol. The summed E-state index contributed by atoms with van der Waals surface area (Å²) in [5.41, 5.74) is 1.93. The Kier molecular flexibility index (Phi) is 7.02. The summed E-state index contributed by atoms with van der Waals surface area (Å²) in [6.07, 6.45) is 7.17. The smallest absolute Gasteiger partial charge is 0.345 e. The lowest BCUT2D eigenvalue weighted by Crippen LogP contribution is -2.36. The number of aromatic nitrogens is 10. The van der Waals surface area contributed by atoms with Gasteiger partial charge in [-0.05, 0) is 28.6 Å². The van der Waals surface area contributed by atoms with Crippen molar-refractivity contribution in [2.45, 2.75) is 19.1 Å². The highest BCUT2D eigenvalue weighted by molar-refractivity contribution is 6.31. The van der Waals surface area contributed by atoms with E-state index in [4.69, 9.17) is 11.6 Å². The molecule has 0 aliphatic rings. The summed E-state index contributed by atoms with van der Waals surface area (Å²) in [6.45, 7) is -3.32. The number of benzene rings is 1. The highest BCUT2D eigenvalue weighted by Crippen LogP contribution is 2.33. The molecule has 1 unspecified atom stereocenters.